The van der Waals surface area contributed by atoms with Crippen molar-refractivity contribution in [2.45, 2.75) is 121 Å². The Hall–Kier alpha value is -0.0800. The molecule has 0 heterocycles. The highest BCUT2D eigenvalue weighted by molar-refractivity contribution is 4.86. The van der Waals surface area contributed by atoms with Gasteiger partial charge in [-0.2, -0.15) is 5.06 Å². The highest BCUT2D eigenvalue weighted by Crippen LogP contribution is 2.39. The van der Waals surface area contributed by atoms with E-state index < -0.39 is 0 Å². The molecule has 3 rings (SSSR count). The molecule has 0 aromatic carbocycles. The Bertz CT molecular complexity index is 305. The first-order chi connectivity index (χ1) is 10.7. The van der Waals surface area contributed by atoms with E-state index in [4.69, 9.17) is 4.84 Å². The Labute approximate surface area is 137 Å². The standard InChI is InChI=1S/C20H37NO/c1-20(2,17-11-9-10-12-17)22-21(18-13-5-3-6-14-18)19-15-7-4-8-16-19/h17-19H,3-16H2,1-2H3. The molecule has 22 heavy (non-hydrogen) atoms. The second kappa shape index (κ2) is 7.66. The molecule has 2 heteroatoms. The summed E-state index contributed by atoms with van der Waals surface area (Å²) in [6.07, 6.45) is 19.5. The molecule has 0 unspecified atom stereocenters. The van der Waals surface area contributed by atoms with Crippen molar-refractivity contribution in [1.29, 1.82) is 0 Å². The van der Waals surface area contributed by atoms with Gasteiger partial charge in [-0.3, -0.25) is 4.84 Å². The normalized spacial score (nSPS) is 26.9. The molecule has 3 saturated carbocycles. The van der Waals surface area contributed by atoms with Crippen molar-refractivity contribution in [3.05, 3.63) is 0 Å². The maximum absolute atomic E-state index is 6.83. The van der Waals surface area contributed by atoms with Crippen molar-refractivity contribution in [2.75, 3.05) is 0 Å². The summed E-state index contributed by atoms with van der Waals surface area (Å²) >= 11 is 0. The average molecular weight is 308 g/mol. The topological polar surface area (TPSA) is 12.5 Å². The molecule has 0 saturated heterocycles. The van der Waals surface area contributed by atoms with E-state index in [-0.39, 0.29) is 5.60 Å². The number of hydrogen-bond donors (Lipinski definition) is 0. The van der Waals surface area contributed by atoms with E-state index in [2.05, 4.69) is 18.9 Å². The van der Waals surface area contributed by atoms with E-state index in [1.165, 1.54) is 89.9 Å². The third-order valence-electron chi connectivity index (χ3n) is 6.55. The second-order valence-electron chi connectivity index (χ2n) is 8.62. The summed E-state index contributed by atoms with van der Waals surface area (Å²) in [4.78, 5) is 6.83. The van der Waals surface area contributed by atoms with Gasteiger partial charge in [0.25, 0.3) is 0 Å². The Balaban J connectivity index is 1.68. The van der Waals surface area contributed by atoms with Crippen LogP contribution in [0.25, 0.3) is 0 Å². The van der Waals surface area contributed by atoms with Crippen LogP contribution in [0.5, 0.6) is 0 Å². The Morgan fingerprint density at radius 2 is 1.05 bits per heavy atom. The number of rotatable bonds is 5. The lowest BCUT2D eigenvalue weighted by Gasteiger charge is -2.46. The maximum Gasteiger partial charge on any atom is 0.0872 e. The van der Waals surface area contributed by atoms with Gasteiger partial charge < -0.3 is 0 Å². The lowest BCUT2D eigenvalue weighted by atomic mass is 9.88. The van der Waals surface area contributed by atoms with E-state index in [0.29, 0.717) is 12.1 Å². The fraction of sp³-hybridized carbons (Fsp3) is 1.00. The Morgan fingerprint density at radius 3 is 1.50 bits per heavy atom. The van der Waals surface area contributed by atoms with Gasteiger partial charge in [-0.15, -0.1) is 0 Å². The van der Waals surface area contributed by atoms with E-state index in [1.807, 2.05) is 0 Å². The van der Waals surface area contributed by atoms with Crippen molar-refractivity contribution in [3.8, 4) is 0 Å². The van der Waals surface area contributed by atoms with Crippen molar-refractivity contribution >= 4 is 0 Å². The van der Waals surface area contributed by atoms with Crippen LogP contribution in [-0.2, 0) is 4.84 Å². The van der Waals surface area contributed by atoms with Crippen LogP contribution >= 0.6 is 0 Å². The summed E-state index contributed by atoms with van der Waals surface area (Å²) in [6.45, 7) is 4.73. The molecule has 0 aliphatic heterocycles. The van der Waals surface area contributed by atoms with Gasteiger partial charge in [-0.25, -0.2) is 0 Å². The molecule has 0 aromatic heterocycles. The Kier molecular flexibility index (Phi) is 5.84. The maximum atomic E-state index is 6.83. The molecule has 0 bridgehead atoms. The molecule has 128 valence electrons. The fourth-order valence-electron chi connectivity index (χ4n) is 5.09. The quantitative estimate of drug-likeness (QED) is 0.590. The minimum Gasteiger partial charge on any atom is -0.292 e. The summed E-state index contributed by atoms with van der Waals surface area (Å²) in [5, 5.41) is 2.54. The van der Waals surface area contributed by atoms with Crippen LogP contribution in [0.15, 0.2) is 0 Å². The van der Waals surface area contributed by atoms with Crippen LogP contribution in [0.2, 0.25) is 0 Å². The summed E-state index contributed by atoms with van der Waals surface area (Å²) in [7, 11) is 0. The first kappa shape index (κ1) is 16.8. The van der Waals surface area contributed by atoms with Gasteiger partial charge in [0.15, 0.2) is 0 Å². The average Bonchev–Trinajstić information content (AvgIpc) is 3.10. The highest BCUT2D eigenvalue weighted by Gasteiger charge is 2.39. The SMILES string of the molecule is CC(C)(ON(C1CCCCC1)C1CCCCC1)C1CCCC1. The van der Waals surface area contributed by atoms with E-state index >= 15 is 0 Å². The molecule has 0 atom stereocenters. The summed E-state index contributed by atoms with van der Waals surface area (Å²) in [6, 6.07) is 1.38. The zero-order valence-corrected chi connectivity index (χ0v) is 15.0. The van der Waals surface area contributed by atoms with Crippen LogP contribution in [0, 0.1) is 5.92 Å². The molecule has 2 nitrogen and oxygen atoms in total. The lowest BCUT2D eigenvalue weighted by molar-refractivity contribution is -0.295. The molecule has 0 N–H and O–H groups in total. The number of hydrogen-bond acceptors (Lipinski definition) is 2. The minimum atomic E-state index is 0.0331. The third-order valence-corrected chi connectivity index (χ3v) is 6.55. The summed E-state index contributed by atoms with van der Waals surface area (Å²) in [5.41, 5.74) is 0.0331. The summed E-state index contributed by atoms with van der Waals surface area (Å²) in [5.74, 6) is 0.766. The molecule has 3 aliphatic rings. The highest BCUT2D eigenvalue weighted by atomic mass is 16.7. The molecule has 0 aromatic rings. The largest absolute Gasteiger partial charge is 0.292 e. The Morgan fingerprint density at radius 1 is 0.636 bits per heavy atom. The van der Waals surface area contributed by atoms with Crippen molar-refractivity contribution < 1.29 is 4.84 Å². The molecule has 0 amide bonds. The van der Waals surface area contributed by atoms with Crippen molar-refractivity contribution in [1.82, 2.24) is 5.06 Å². The van der Waals surface area contributed by atoms with Crippen LogP contribution in [-0.4, -0.2) is 22.7 Å². The second-order valence-corrected chi connectivity index (χ2v) is 8.62. The molecule has 3 aliphatic carbocycles. The molecule has 0 radical (unpaired) electrons. The van der Waals surface area contributed by atoms with Gasteiger partial charge in [0.05, 0.1) is 5.60 Å². The van der Waals surface area contributed by atoms with Crippen LogP contribution < -0.4 is 0 Å². The zero-order chi connectivity index (χ0) is 15.4. The molecule has 3 fully saturated rings. The van der Waals surface area contributed by atoms with E-state index in [1.54, 1.807) is 0 Å². The van der Waals surface area contributed by atoms with Crippen LogP contribution in [0.4, 0.5) is 0 Å². The predicted molar refractivity (Wildman–Crippen MR) is 92.7 cm³/mol. The lowest BCUT2D eigenvalue weighted by Crippen LogP contribution is -2.51. The van der Waals surface area contributed by atoms with Gasteiger partial charge >= 0.3 is 0 Å². The van der Waals surface area contributed by atoms with Gasteiger partial charge in [-0.05, 0) is 58.3 Å². The van der Waals surface area contributed by atoms with Gasteiger partial charge in [0.2, 0.25) is 0 Å². The molecule has 0 spiro atoms. The number of hydroxylamine groups is 2. The third kappa shape index (κ3) is 4.06. The summed E-state index contributed by atoms with van der Waals surface area (Å²) < 4.78 is 0. The first-order valence-electron chi connectivity index (χ1n) is 10.1. The van der Waals surface area contributed by atoms with Crippen LogP contribution in [0.1, 0.15) is 104 Å². The zero-order valence-electron chi connectivity index (χ0n) is 15.0. The van der Waals surface area contributed by atoms with Gasteiger partial charge in [-0.1, -0.05) is 51.4 Å². The van der Waals surface area contributed by atoms with Gasteiger partial charge in [0.1, 0.15) is 0 Å². The van der Waals surface area contributed by atoms with Crippen LogP contribution in [0.3, 0.4) is 0 Å². The fourth-order valence-corrected chi connectivity index (χ4v) is 5.09. The molecular weight excluding hydrogens is 270 g/mol. The van der Waals surface area contributed by atoms with Crippen molar-refractivity contribution in [2.24, 2.45) is 5.92 Å². The van der Waals surface area contributed by atoms with Gasteiger partial charge in [0, 0.05) is 12.1 Å². The first-order valence-corrected chi connectivity index (χ1v) is 10.1. The minimum absolute atomic E-state index is 0.0331. The molecular formula is C20H37NO. The monoisotopic (exact) mass is 307 g/mol. The van der Waals surface area contributed by atoms with Crippen molar-refractivity contribution in [3.63, 3.8) is 0 Å². The predicted octanol–water partition coefficient (Wildman–Crippen LogP) is 5.85. The van der Waals surface area contributed by atoms with E-state index in [9.17, 15) is 0 Å². The number of nitrogens with zero attached hydrogens (tertiary/aromatic N) is 1. The smallest absolute Gasteiger partial charge is 0.0872 e. The van der Waals surface area contributed by atoms with E-state index in [0.717, 1.165) is 5.92 Å².